The van der Waals surface area contributed by atoms with Crippen LogP contribution >= 0.6 is 11.6 Å². The summed E-state index contributed by atoms with van der Waals surface area (Å²) in [5, 5.41) is 7.74. The number of nitrogens with zero attached hydrogens (tertiary/aromatic N) is 3. The predicted octanol–water partition coefficient (Wildman–Crippen LogP) is 2.65. The van der Waals surface area contributed by atoms with Gasteiger partial charge in [0.1, 0.15) is 6.04 Å². The van der Waals surface area contributed by atoms with Crippen LogP contribution in [0.1, 0.15) is 23.6 Å². The topological polar surface area (TPSA) is 50.2 Å². The average molecular weight is 335 g/mol. The van der Waals surface area contributed by atoms with Gasteiger partial charge in [-0.1, -0.05) is 41.4 Å². The molecule has 124 valence electrons. The first-order valence-electron chi connectivity index (χ1n) is 7.66. The molecule has 0 fully saturated rings. The highest BCUT2D eigenvalue weighted by atomic mass is 35.5. The first-order chi connectivity index (χ1) is 11.0. The van der Waals surface area contributed by atoms with E-state index in [4.69, 9.17) is 11.6 Å². The van der Waals surface area contributed by atoms with Crippen LogP contribution in [0.25, 0.3) is 0 Å². The minimum Gasteiger partial charge on any atom is -0.354 e. The van der Waals surface area contributed by atoms with Crippen LogP contribution in [0.15, 0.2) is 36.7 Å². The number of rotatable bonds is 7. The molecular weight excluding hydrogens is 312 g/mol. The van der Waals surface area contributed by atoms with Gasteiger partial charge in [0, 0.05) is 19.3 Å². The normalized spacial score (nSPS) is 12.4. The van der Waals surface area contributed by atoms with Gasteiger partial charge in [0.2, 0.25) is 5.91 Å². The molecule has 1 aromatic carbocycles. The van der Waals surface area contributed by atoms with E-state index in [1.165, 1.54) is 5.56 Å². The van der Waals surface area contributed by atoms with Crippen molar-refractivity contribution in [1.82, 2.24) is 20.0 Å². The molecule has 0 saturated heterocycles. The fraction of sp³-hybridized carbons (Fsp3) is 0.412. The Hall–Kier alpha value is -1.85. The Morgan fingerprint density at radius 3 is 2.61 bits per heavy atom. The molecule has 0 bridgehead atoms. The van der Waals surface area contributed by atoms with Gasteiger partial charge in [-0.3, -0.25) is 14.4 Å². The van der Waals surface area contributed by atoms with Crippen molar-refractivity contribution in [2.24, 2.45) is 0 Å². The van der Waals surface area contributed by atoms with E-state index >= 15 is 0 Å². The SMILES string of the molecule is Cc1ccc(C(C(=O)NCCCn2cc(Cl)cn2)N(C)C)cc1. The molecule has 0 radical (unpaired) electrons. The Bertz CT molecular complexity index is 636. The molecule has 1 heterocycles. The first-order valence-corrected chi connectivity index (χ1v) is 8.04. The van der Waals surface area contributed by atoms with Crippen molar-refractivity contribution in [2.45, 2.75) is 25.9 Å². The van der Waals surface area contributed by atoms with Crippen molar-refractivity contribution in [2.75, 3.05) is 20.6 Å². The number of halogens is 1. The fourth-order valence-electron chi connectivity index (χ4n) is 2.44. The number of benzene rings is 1. The van der Waals surface area contributed by atoms with Crippen LogP contribution in [0.4, 0.5) is 0 Å². The van der Waals surface area contributed by atoms with E-state index < -0.39 is 0 Å². The largest absolute Gasteiger partial charge is 0.354 e. The number of aromatic nitrogens is 2. The van der Waals surface area contributed by atoms with Crippen LogP contribution in [0.3, 0.4) is 0 Å². The van der Waals surface area contributed by atoms with Gasteiger partial charge in [0.25, 0.3) is 0 Å². The van der Waals surface area contributed by atoms with Gasteiger partial charge in [0.05, 0.1) is 11.2 Å². The van der Waals surface area contributed by atoms with Crippen molar-refractivity contribution in [3.63, 3.8) is 0 Å². The number of aryl methyl sites for hydroxylation is 2. The van der Waals surface area contributed by atoms with E-state index in [1.54, 1.807) is 17.1 Å². The molecule has 0 aliphatic heterocycles. The molecule has 1 atom stereocenters. The molecule has 5 nitrogen and oxygen atoms in total. The second kappa shape index (κ2) is 8.13. The zero-order valence-corrected chi connectivity index (χ0v) is 14.5. The number of carbonyl (C=O) groups excluding carboxylic acids is 1. The Balaban J connectivity index is 1.87. The zero-order chi connectivity index (χ0) is 16.8. The number of carbonyl (C=O) groups is 1. The Morgan fingerprint density at radius 1 is 1.35 bits per heavy atom. The van der Waals surface area contributed by atoms with Crippen LogP contribution in [0.5, 0.6) is 0 Å². The van der Waals surface area contributed by atoms with Crippen molar-refractivity contribution >= 4 is 17.5 Å². The van der Waals surface area contributed by atoms with E-state index in [2.05, 4.69) is 10.4 Å². The third-order valence-electron chi connectivity index (χ3n) is 3.62. The second-order valence-corrected chi connectivity index (χ2v) is 6.28. The van der Waals surface area contributed by atoms with Gasteiger partial charge in [-0.25, -0.2) is 0 Å². The van der Waals surface area contributed by atoms with E-state index in [0.717, 1.165) is 18.5 Å². The lowest BCUT2D eigenvalue weighted by Crippen LogP contribution is -2.37. The fourth-order valence-corrected chi connectivity index (χ4v) is 2.60. The van der Waals surface area contributed by atoms with Crippen molar-refractivity contribution in [1.29, 1.82) is 0 Å². The lowest BCUT2D eigenvalue weighted by Gasteiger charge is -2.24. The maximum Gasteiger partial charge on any atom is 0.241 e. The summed E-state index contributed by atoms with van der Waals surface area (Å²) in [5.41, 5.74) is 2.18. The van der Waals surface area contributed by atoms with Crippen molar-refractivity contribution in [3.8, 4) is 0 Å². The van der Waals surface area contributed by atoms with Gasteiger partial charge in [-0.05, 0) is 33.0 Å². The highest BCUT2D eigenvalue weighted by Crippen LogP contribution is 2.19. The molecule has 2 aromatic rings. The molecule has 0 aliphatic carbocycles. The highest BCUT2D eigenvalue weighted by Gasteiger charge is 2.22. The predicted molar refractivity (Wildman–Crippen MR) is 92.5 cm³/mol. The summed E-state index contributed by atoms with van der Waals surface area (Å²) in [7, 11) is 3.83. The first kappa shape index (κ1) is 17.5. The minimum absolute atomic E-state index is 0.0114. The minimum atomic E-state index is -0.283. The van der Waals surface area contributed by atoms with Crippen molar-refractivity contribution in [3.05, 3.63) is 52.8 Å². The summed E-state index contributed by atoms with van der Waals surface area (Å²) in [4.78, 5) is 14.4. The molecule has 1 aromatic heterocycles. The maximum atomic E-state index is 12.5. The lowest BCUT2D eigenvalue weighted by atomic mass is 10.0. The summed E-state index contributed by atoms with van der Waals surface area (Å²) >= 11 is 5.82. The van der Waals surface area contributed by atoms with Crippen LogP contribution in [0, 0.1) is 6.92 Å². The highest BCUT2D eigenvalue weighted by molar-refractivity contribution is 6.30. The summed E-state index contributed by atoms with van der Waals surface area (Å²) < 4.78 is 1.78. The van der Waals surface area contributed by atoms with Gasteiger partial charge in [0.15, 0.2) is 0 Å². The van der Waals surface area contributed by atoms with Crippen LogP contribution in [-0.4, -0.2) is 41.2 Å². The Morgan fingerprint density at radius 2 is 2.04 bits per heavy atom. The number of likely N-dealkylation sites (N-methyl/N-ethyl adjacent to an activating group) is 1. The van der Waals surface area contributed by atoms with E-state index in [-0.39, 0.29) is 11.9 Å². The number of hydrogen-bond acceptors (Lipinski definition) is 3. The number of hydrogen-bond donors (Lipinski definition) is 1. The Kier molecular flexibility index (Phi) is 6.19. The molecule has 2 rings (SSSR count). The van der Waals surface area contributed by atoms with Gasteiger partial charge < -0.3 is 5.32 Å². The quantitative estimate of drug-likeness (QED) is 0.792. The Labute approximate surface area is 142 Å². The second-order valence-electron chi connectivity index (χ2n) is 5.84. The van der Waals surface area contributed by atoms with Crippen LogP contribution in [-0.2, 0) is 11.3 Å². The lowest BCUT2D eigenvalue weighted by molar-refractivity contribution is -0.125. The molecule has 1 unspecified atom stereocenters. The van der Waals surface area contributed by atoms with Crippen LogP contribution < -0.4 is 5.32 Å². The van der Waals surface area contributed by atoms with E-state index in [0.29, 0.717) is 11.6 Å². The molecular formula is C17H23ClN4O. The third-order valence-corrected chi connectivity index (χ3v) is 3.82. The summed E-state index contributed by atoms with van der Waals surface area (Å²) in [6.07, 6.45) is 4.19. The molecule has 23 heavy (non-hydrogen) atoms. The summed E-state index contributed by atoms with van der Waals surface area (Å²) in [6.45, 7) is 3.37. The molecule has 0 spiro atoms. The summed E-state index contributed by atoms with van der Waals surface area (Å²) in [5.74, 6) is 0.0114. The molecule has 0 saturated carbocycles. The molecule has 6 heteroatoms. The van der Waals surface area contributed by atoms with E-state index in [1.807, 2.05) is 50.2 Å². The van der Waals surface area contributed by atoms with Crippen molar-refractivity contribution < 1.29 is 4.79 Å². The third kappa shape index (κ3) is 5.08. The smallest absolute Gasteiger partial charge is 0.241 e. The molecule has 0 aliphatic rings. The maximum absolute atomic E-state index is 12.5. The van der Waals surface area contributed by atoms with Crippen LogP contribution in [0.2, 0.25) is 5.02 Å². The van der Waals surface area contributed by atoms with Gasteiger partial charge >= 0.3 is 0 Å². The standard InChI is InChI=1S/C17H23ClN4O/c1-13-5-7-14(8-6-13)16(21(2)3)17(23)19-9-4-10-22-12-15(18)11-20-22/h5-8,11-12,16H,4,9-10H2,1-3H3,(H,19,23). The molecule has 1 N–H and O–H groups in total. The monoisotopic (exact) mass is 334 g/mol. The molecule has 1 amide bonds. The van der Waals surface area contributed by atoms with Gasteiger partial charge in [-0.2, -0.15) is 5.10 Å². The van der Waals surface area contributed by atoms with Gasteiger partial charge in [-0.15, -0.1) is 0 Å². The number of nitrogens with one attached hydrogen (secondary N) is 1. The number of amides is 1. The average Bonchev–Trinajstić information content (AvgIpc) is 2.91. The van der Waals surface area contributed by atoms with E-state index in [9.17, 15) is 4.79 Å². The zero-order valence-electron chi connectivity index (χ0n) is 13.8. The summed E-state index contributed by atoms with van der Waals surface area (Å²) in [6, 6.07) is 7.78.